The second-order valence-electron chi connectivity index (χ2n) is 9.01. The normalized spacial score (nSPS) is 18.5. The molecular formula is C27H27NO12S. The average Bonchev–Trinajstić information content (AvgIpc) is 2.91. The number of thioether (sulfide) groups is 1. The van der Waals surface area contributed by atoms with Crippen LogP contribution in [0.15, 0.2) is 42.5 Å². The fourth-order valence-electron chi connectivity index (χ4n) is 4.22. The summed E-state index contributed by atoms with van der Waals surface area (Å²) in [4.78, 5) is 25.5. The van der Waals surface area contributed by atoms with E-state index in [1.54, 1.807) is 6.92 Å². The number of carbonyl (C=O) groups is 2. The van der Waals surface area contributed by atoms with Crippen LogP contribution in [0.3, 0.4) is 0 Å². The molecule has 3 aromatic carbocycles. The smallest absolute Gasteiger partial charge is 0.338 e. The highest BCUT2D eigenvalue weighted by molar-refractivity contribution is 7.99. The molecule has 1 heterocycles. The number of benzene rings is 3. The molecule has 1 aliphatic heterocycles. The van der Waals surface area contributed by atoms with Crippen molar-refractivity contribution in [1.82, 2.24) is 0 Å². The van der Waals surface area contributed by atoms with E-state index in [1.165, 1.54) is 24.3 Å². The van der Waals surface area contributed by atoms with Gasteiger partial charge in [-0.2, -0.15) is 0 Å². The first-order valence-corrected chi connectivity index (χ1v) is 13.2. The monoisotopic (exact) mass is 589 g/mol. The van der Waals surface area contributed by atoms with Gasteiger partial charge >= 0.3 is 11.9 Å². The van der Waals surface area contributed by atoms with Crippen molar-refractivity contribution >= 4 is 23.7 Å². The van der Waals surface area contributed by atoms with Crippen LogP contribution < -0.4 is 10.5 Å². The molecule has 0 fully saturated rings. The lowest BCUT2D eigenvalue weighted by atomic mass is 9.93. The molecule has 0 unspecified atom stereocenters. The van der Waals surface area contributed by atoms with Crippen LogP contribution in [0, 0.1) is 0 Å². The van der Waals surface area contributed by atoms with Crippen LogP contribution in [0.2, 0.25) is 0 Å². The number of hydrogen-bond acceptors (Lipinski definition) is 14. The van der Waals surface area contributed by atoms with E-state index in [-0.39, 0.29) is 40.5 Å². The molecule has 0 aromatic heterocycles. The van der Waals surface area contributed by atoms with Crippen LogP contribution in [-0.4, -0.2) is 72.2 Å². The van der Waals surface area contributed by atoms with Crippen molar-refractivity contribution in [3.63, 3.8) is 0 Å². The van der Waals surface area contributed by atoms with E-state index in [0.29, 0.717) is 0 Å². The maximum absolute atomic E-state index is 13.3. The number of fused-ring (bicyclic) bond motifs is 1. The Bertz CT molecular complexity index is 1460. The predicted octanol–water partition coefficient (Wildman–Crippen LogP) is 2.65. The van der Waals surface area contributed by atoms with E-state index in [1.807, 2.05) is 0 Å². The number of ether oxygens (including phenoxy) is 3. The first-order valence-electron chi connectivity index (χ1n) is 12.1. The summed E-state index contributed by atoms with van der Waals surface area (Å²) < 4.78 is 16.8. The van der Waals surface area contributed by atoms with Crippen LogP contribution in [0.5, 0.6) is 46.0 Å². The lowest BCUT2D eigenvalue weighted by molar-refractivity contribution is -0.144. The summed E-state index contributed by atoms with van der Waals surface area (Å²) in [6.07, 6.45) is -2.57. The van der Waals surface area contributed by atoms with Gasteiger partial charge in [0, 0.05) is 23.4 Å². The molecule has 0 amide bonds. The molecule has 14 heteroatoms. The quantitative estimate of drug-likeness (QED) is 0.140. The zero-order valence-electron chi connectivity index (χ0n) is 21.4. The minimum Gasteiger partial charge on any atom is -0.508 e. The topological polar surface area (TPSA) is 229 Å². The molecule has 0 saturated heterocycles. The van der Waals surface area contributed by atoms with Gasteiger partial charge in [0.05, 0.1) is 23.0 Å². The molecule has 13 nitrogen and oxygen atoms in total. The van der Waals surface area contributed by atoms with Crippen molar-refractivity contribution in [2.24, 2.45) is 5.73 Å². The minimum atomic E-state index is -1.34. The highest BCUT2D eigenvalue weighted by atomic mass is 32.2. The highest BCUT2D eigenvalue weighted by Gasteiger charge is 2.45. The van der Waals surface area contributed by atoms with Gasteiger partial charge in [0.1, 0.15) is 23.3 Å². The number of nitrogens with two attached hydrogens (primary N) is 1. The molecule has 0 radical (unpaired) electrons. The van der Waals surface area contributed by atoms with Crippen molar-refractivity contribution in [2.45, 2.75) is 30.4 Å². The number of rotatable bonds is 8. The number of esters is 2. The Balaban J connectivity index is 1.81. The number of carbonyl (C=O) groups excluding carboxylic acids is 2. The van der Waals surface area contributed by atoms with E-state index in [4.69, 9.17) is 19.9 Å². The summed E-state index contributed by atoms with van der Waals surface area (Å²) in [7, 11) is 0. The largest absolute Gasteiger partial charge is 0.508 e. The molecule has 3 aromatic rings. The minimum absolute atomic E-state index is 0.00510. The summed E-state index contributed by atoms with van der Waals surface area (Å²) in [5.41, 5.74) is 5.95. The molecule has 1 aliphatic rings. The number of aromatic hydroxyl groups is 7. The molecule has 4 atom stereocenters. The fraction of sp³-hybridized carbons (Fsp3) is 0.259. The Morgan fingerprint density at radius 3 is 2.24 bits per heavy atom. The first-order chi connectivity index (χ1) is 19.4. The molecule has 0 saturated carbocycles. The van der Waals surface area contributed by atoms with E-state index in [2.05, 4.69) is 0 Å². The third kappa shape index (κ3) is 6.07. The van der Waals surface area contributed by atoms with Gasteiger partial charge in [-0.3, -0.25) is 4.79 Å². The fourth-order valence-corrected chi connectivity index (χ4v) is 5.57. The predicted molar refractivity (Wildman–Crippen MR) is 143 cm³/mol. The summed E-state index contributed by atoms with van der Waals surface area (Å²) >= 11 is 1.01. The van der Waals surface area contributed by atoms with Gasteiger partial charge in [-0.05, 0) is 31.2 Å². The summed E-state index contributed by atoms with van der Waals surface area (Å²) in [5.74, 6) is -5.99. The van der Waals surface area contributed by atoms with Crippen LogP contribution in [-0.2, 0) is 14.3 Å². The molecule has 0 aliphatic carbocycles. The van der Waals surface area contributed by atoms with Gasteiger partial charge in [-0.15, -0.1) is 11.8 Å². The molecule has 41 heavy (non-hydrogen) atoms. The van der Waals surface area contributed by atoms with Crippen molar-refractivity contribution < 1.29 is 59.5 Å². The molecule has 9 N–H and O–H groups in total. The lowest BCUT2D eigenvalue weighted by Gasteiger charge is -2.39. The van der Waals surface area contributed by atoms with Crippen molar-refractivity contribution in [2.75, 3.05) is 12.4 Å². The number of phenolic OH excluding ortho intramolecular Hbond substituents is 7. The number of hydrogen-bond donors (Lipinski definition) is 8. The van der Waals surface area contributed by atoms with E-state index in [9.17, 15) is 45.3 Å². The van der Waals surface area contributed by atoms with Gasteiger partial charge in [-0.25, -0.2) is 4.79 Å². The molecule has 218 valence electrons. The lowest BCUT2D eigenvalue weighted by Crippen LogP contribution is -2.39. The number of phenols is 7. The second-order valence-corrected chi connectivity index (χ2v) is 10.2. The van der Waals surface area contributed by atoms with Crippen LogP contribution in [0.25, 0.3) is 0 Å². The SMILES string of the molecule is CCOC(=O)[C@@H](N)CS[C@H]1c2c(O)cc(O)cc2O[C@H](c2ccc(O)c(O)c2)[C@@H]1OC(=O)c1cc(O)c(O)c(O)c1. The van der Waals surface area contributed by atoms with E-state index >= 15 is 0 Å². The Kier molecular flexibility index (Phi) is 8.44. The van der Waals surface area contributed by atoms with Crippen molar-refractivity contribution in [3.05, 3.63) is 59.2 Å². The molecular weight excluding hydrogens is 562 g/mol. The maximum Gasteiger partial charge on any atom is 0.338 e. The van der Waals surface area contributed by atoms with Gasteiger partial charge < -0.3 is 55.7 Å². The van der Waals surface area contributed by atoms with Gasteiger partial charge in [-0.1, -0.05) is 6.07 Å². The van der Waals surface area contributed by atoms with Crippen LogP contribution in [0.1, 0.15) is 39.8 Å². The molecule has 4 rings (SSSR count). The average molecular weight is 590 g/mol. The van der Waals surface area contributed by atoms with E-state index < -0.39 is 69.9 Å². The summed E-state index contributed by atoms with van der Waals surface area (Å²) in [6.45, 7) is 1.71. The van der Waals surface area contributed by atoms with Crippen molar-refractivity contribution in [1.29, 1.82) is 0 Å². The zero-order chi connectivity index (χ0) is 30.0. The Morgan fingerprint density at radius 1 is 0.927 bits per heavy atom. The third-order valence-corrected chi connectivity index (χ3v) is 7.58. The molecule has 0 bridgehead atoms. The highest BCUT2D eigenvalue weighted by Crippen LogP contribution is 2.54. The van der Waals surface area contributed by atoms with Gasteiger partial charge in [0.15, 0.2) is 41.0 Å². The molecule has 0 spiro atoms. The Morgan fingerprint density at radius 2 is 1.61 bits per heavy atom. The maximum atomic E-state index is 13.3. The van der Waals surface area contributed by atoms with Gasteiger partial charge in [0.2, 0.25) is 0 Å². The third-order valence-electron chi connectivity index (χ3n) is 6.16. The standard InChI is InChI=1S/C27H27NO12S/c1-2-38-27(37)14(28)10-41-25-21-17(32)8-13(29)9-20(21)39-23(11-3-4-15(30)16(31)5-11)24(25)40-26(36)12-6-18(33)22(35)19(34)7-12/h3-9,14,23-25,29-35H,2,10,28H2,1H3/t14-,23+,24-,25-/m0/s1. The Labute approximate surface area is 237 Å². The van der Waals surface area contributed by atoms with E-state index in [0.717, 1.165) is 30.0 Å². The first kappa shape index (κ1) is 29.3. The van der Waals surface area contributed by atoms with Crippen LogP contribution in [0.4, 0.5) is 0 Å². The Hall–Kier alpha value is -4.69. The second kappa shape index (κ2) is 11.8. The van der Waals surface area contributed by atoms with Crippen LogP contribution >= 0.6 is 11.8 Å². The van der Waals surface area contributed by atoms with Crippen molar-refractivity contribution in [3.8, 4) is 46.0 Å². The summed E-state index contributed by atoms with van der Waals surface area (Å²) in [6, 6.07) is 6.62. The van der Waals surface area contributed by atoms with Gasteiger partial charge in [0.25, 0.3) is 0 Å². The summed E-state index contributed by atoms with van der Waals surface area (Å²) in [5, 5.41) is 69.3. The zero-order valence-corrected chi connectivity index (χ0v) is 22.2.